The number of nitrogens with one attached hydrogen (secondary N) is 1. The summed E-state index contributed by atoms with van der Waals surface area (Å²) in [7, 11) is 0. The first-order valence-electron chi connectivity index (χ1n) is 6.08. The first kappa shape index (κ1) is 14.9. The predicted molar refractivity (Wildman–Crippen MR) is 70.1 cm³/mol. The van der Waals surface area contributed by atoms with Crippen molar-refractivity contribution in [2.45, 2.75) is 26.8 Å². The molecule has 19 heavy (non-hydrogen) atoms. The second-order valence-corrected chi connectivity index (χ2v) is 4.36. The molecule has 0 saturated heterocycles. The highest BCUT2D eigenvalue weighted by molar-refractivity contribution is 5.89. The summed E-state index contributed by atoms with van der Waals surface area (Å²) in [6.07, 6.45) is 1.36. The van der Waals surface area contributed by atoms with E-state index in [9.17, 15) is 9.59 Å². The van der Waals surface area contributed by atoms with E-state index in [1.807, 2.05) is 0 Å². The number of carbonyl (C=O) groups excluding carboxylic acids is 1. The maximum Gasteiger partial charge on any atom is 0.339 e. The quantitative estimate of drug-likeness (QED) is 0.763. The van der Waals surface area contributed by atoms with E-state index in [4.69, 9.17) is 9.84 Å². The maximum absolute atomic E-state index is 11.4. The monoisotopic (exact) mass is 266 g/mol. The van der Waals surface area contributed by atoms with Crippen molar-refractivity contribution in [1.29, 1.82) is 0 Å². The van der Waals surface area contributed by atoms with Crippen LogP contribution in [-0.2, 0) is 9.53 Å². The Kier molecular flexibility index (Phi) is 5.29. The van der Waals surface area contributed by atoms with E-state index in [1.54, 1.807) is 32.9 Å². The van der Waals surface area contributed by atoms with Gasteiger partial charge in [0, 0.05) is 6.20 Å². The number of aromatic nitrogens is 1. The molecule has 0 saturated carbocycles. The standard InChI is InChI=1S/C13H18N2O4/c1-4-19-13(18)9-5-6-10(14-7-9)15-11(8(2)3)12(16)17/h5-8,11H,4H2,1-3H3,(H,14,15)(H,16,17). The van der Waals surface area contributed by atoms with Gasteiger partial charge in [-0.05, 0) is 25.0 Å². The number of aliphatic carboxylic acids is 1. The van der Waals surface area contributed by atoms with Gasteiger partial charge in [0.15, 0.2) is 0 Å². The largest absolute Gasteiger partial charge is 0.480 e. The van der Waals surface area contributed by atoms with Gasteiger partial charge in [-0.2, -0.15) is 0 Å². The average Bonchev–Trinajstić information content (AvgIpc) is 2.36. The summed E-state index contributed by atoms with van der Waals surface area (Å²) in [5.41, 5.74) is 0.337. The smallest absolute Gasteiger partial charge is 0.339 e. The molecule has 0 radical (unpaired) electrons. The van der Waals surface area contributed by atoms with Gasteiger partial charge in [-0.1, -0.05) is 13.8 Å². The fourth-order valence-electron chi connectivity index (χ4n) is 1.49. The third-order valence-electron chi connectivity index (χ3n) is 2.51. The second kappa shape index (κ2) is 6.72. The van der Waals surface area contributed by atoms with Crippen LogP contribution in [0, 0.1) is 5.92 Å². The van der Waals surface area contributed by atoms with Gasteiger partial charge in [-0.3, -0.25) is 0 Å². The van der Waals surface area contributed by atoms with E-state index in [0.717, 1.165) is 0 Å². The number of hydrogen-bond donors (Lipinski definition) is 2. The molecule has 0 amide bonds. The Bertz CT molecular complexity index is 442. The van der Waals surface area contributed by atoms with Gasteiger partial charge in [-0.25, -0.2) is 14.6 Å². The minimum absolute atomic E-state index is 0.0796. The average molecular weight is 266 g/mol. The van der Waals surface area contributed by atoms with E-state index in [0.29, 0.717) is 18.0 Å². The Morgan fingerprint density at radius 2 is 2.11 bits per heavy atom. The lowest BCUT2D eigenvalue weighted by Crippen LogP contribution is -2.34. The zero-order chi connectivity index (χ0) is 14.4. The number of anilines is 1. The Hall–Kier alpha value is -2.11. The van der Waals surface area contributed by atoms with Crippen molar-refractivity contribution in [2.75, 3.05) is 11.9 Å². The van der Waals surface area contributed by atoms with Crippen molar-refractivity contribution < 1.29 is 19.4 Å². The number of carboxylic acids is 1. The molecule has 0 aliphatic heterocycles. The molecule has 6 nitrogen and oxygen atoms in total. The van der Waals surface area contributed by atoms with Gasteiger partial charge in [-0.15, -0.1) is 0 Å². The summed E-state index contributed by atoms with van der Waals surface area (Å²) in [5, 5.41) is 11.9. The summed E-state index contributed by atoms with van der Waals surface area (Å²) in [6.45, 7) is 5.63. The zero-order valence-corrected chi connectivity index (χ0v) is 11.2. The van der Waals surface area contributed by atoms with Gasteiger partial charge in [0.1, 0.15) is 11.9 Å². The topological polar surface area (TPSA) is 88.5 Å². The van der Waals surface area contributed by atoms with Crippen LogP contribution in [0.15, 0.2) is 18.3 Å². The number of esters is 1. The number of nitrogens with zero attached hydrogens (tertiary/aromatic N) is 1. The molecular formula is C13H18N2O4. The minimum atomic E-state index is -0.939. The lowest BCUT2D eigenvalue weighted by molar-refractivity contribution is -0.138. The Morgan fingerprint density at radius 1 is 1.42 bits per heavy atom. The van der Waals surface area contributed by atoms with Crippen molar-refractivity contribution >= 4 is 17.8 Å². The van der Waals surface area contributed by atoms with Crippen molar-refractivity contribution in [2.24, 2.45) is 5.92 Å². The van der Waals surface area contributed by atoms with Crippen LogP contribution >= 0.6 is 0 Å². The first-order valence-corrected chi connectivity index (χ1v) is 6.08. The van der Waals surface area contributed by atoms with E-state index < -0.39 is 18.0 Å². The second-order valence-electron chi connectivity index (χ2n) is 4.36. The van der Waals surface area contributed by atoms with Crippen molar-refractivity contribution in [3.63, 3.8) is 0 Å². The molecule has 0 fully saturated rings. The van der Waals surface area contributed by atoms with Crippen molar-refractivity contribution in [3.8, 4) is 0 Å². The Balaban J connectivity index is 2.76. The maximum atomic E-state index is 11.4. The number of hydrogen-bond acceptors (Lipinski definition) is 5. The van der Waals surface area contributed by atoms with Crippen molar-refractivity contribution in [1.82, 2.24) is 4.98 Å². The molecule has 0 spiro atoms. The highest BCUT2D eigenvalue weighted by Gasteiger charge is 2.21. The van der Waals surface area contributed by atoms with E-state index in [1.165, 1.54) is 6.20 Å². The van der Waals surface area contributed by atoms with Crippen molar-refractivity contribution in [3.05, 3.63) is 23.9 Å². The predicted octanol–water partition coefficient (Wildman–Crippen LogP) is 1.78. The molecule has 104 valence electrons. The fourth-order valence-corrected chi connectivity index (χ4v) is 1.49. The summed E-state index contributed by atoms with van der Waals surface area (Å²) < 4.78 is 4.83. The van der Waals surface area contributed by atoms with Gasteiger partial charge >= 0.3 is 11.9 Å². The number of carbonyl (C=O) groups is 2. The van der Waals surface area contributed by atoms with Crippen LogP contribution < -0.4 is 5.32 Å². The van der Waals surface area contributed by atoms with Crippen LogP contribution in [-0.4, -0.2) is 34.7 Å². The normalized spacial score (nSPS) is 12.0. The minimum Gasteiger partial charge on any atom is -0.480 e. The Morgan fingerprint density at radius 3 is 2.53 bits per heavy atom. The van der Waals surface area contributed by atoms with Crippen LogP contribution in [0.25, 0.3) is 0 Å². The highest BCUT2D eigenvalue weighted by atomic mass is 16.5. The molecule has 6 heteroatoms. The van der Waals surface area contributed by atoms with Crippen LogP contribution in [0.3, 0.4) is 0 Å². The van der Waals surface area contributed by atoms with Gasteiger partial charge in [0.2, 0.25) is 0 Å². The highest BCUT2D eigenvalue weighted by Crippen LogP contribution is 2.12. The number of ether oxygens (including phenoxy) is 1. The Labute approximate surface area is 111 Å². The molecule has 1 atom stereocenters. The summed E-state index contributed by atoms with van der Waals surface area (Å²) in [6, 6.07) is 2.39. The molecular weight excluding hydrogens is 248 g/mol. The SMILES string of the molecule is CCOC(=O)c1ccc(NC(C(=O)O)C(C)C)nc1. The summed E-state index contributed by atoms with van der Waals surface area (Å²) >= 11 is 0. The molecule has 0 aliphatic carbocycles. The molecule has 1 aromatic rings. The number of carboxylic acid groups (broad SMARTS) is 1. The lowest BCUT2D eigenvalue weighted by atomic mass is 10.1. The number of pyridine rings is 1. The van der Waals surface area contributed by atoms with Crippen LogP contribution in [0.2, 0.25) is 0 Å². The van der Waals surface area contributed by atoms with Crippen LogP contribution in [0.4, 0.5) is 5.82 Å². The fraction of sp³-hybridized carbons (Fsp3) is 0.462. The molecule has 1 rings (SSSR count). The van der Waals surface area contributed by atoms with Gasteiger partial charge in [0.25, 0.3) is 0 Å². The van der Waals surface area contributed by atoms with E-state index >= 15 is 0 Å². The molecule has 1 unspecified atom stereocenters. The molecule has 1 aromatic heterocycles. The molecule has 0 bridgehead atoms. The van der Waals surface area contributed by atoms with Crippen LogP contribution in [0.5, 0.6) is 0 Å². The van der Waals surface area contributed by atoms with Gasteiger partial charge in [0.05, 0.1) is 12.2 Å². The third-order valence-corrected chi connectivity index (χ3v) is 2.51. The van der Waals surface area contributed by atoms with E-state index in [-0.39, 0.29) is 5.92 Å². The van der Waals surface area contributed by atoms with Crippen LogP contribution in [0.1, 0.15) is 31.1 Å². The van der Waals surface area contributed by atoms with E-state index in [2.05, 4.69) is 10.3 Å². The zero-order valence-electron chi connectivity index (χ0n) is 11.2. The van der Waals surface area contributed by atoms with Gasteiger partial charge < -0.3 is 15.2 Å². The summed E-state index contributed by atoms with van der Waals surface area (Å²) in [5.74, 6) is -1.05. The lowest BCUT2D eigenvalue weighted by Gasteiger charge is -2.18. The summed E-state index contributed by atoms with van der Waals surface area (Å²) in [4.78, 5) is 26.5. The third kappa shape index (κ3) is 4.24. The number of rotatable bonds is 6. The first-order chi connectivity index (χ1) is 8.95. The molecule has 0 aromatic carbocycles. The molecule has 2 N–H and O–H groups in total. The molecule has 1 heterocycles. The molecule has 0 aliphatic rings.